The van der Waals surface area contributed by atoms with Gasteiger partial charge in [0.05, 0.1) is 0 Å². The first-order valence-electron chi connectivity index (χ1n) is 8.44. The van der Waals surface area contributed by atoms with E-state index in [0.717, 1.165) is 24.3 Å². The van der Waals surface area contributed by atoms with Crippen LogP contribution in [0.5, 0.6) is 0 Å². The van der Waals surface area contributed by atoms with Crippen molar-refractivity contribution >= 4 is 0 Å². The van der Waals surface area contributed by atoms with Gasteiger partial charge in [-0.25, -0.2) is 0 Å². The molecule has 0 heterocycles. The van der Waals surface area contributed by atoms with Crippen molar-refractivity contribution in [1.82, 2.24) is 5.32 Å². The number of fused-ring (bicyclic) bond motifs is 1. The molecule has 0 amide bonds. The van der Waals surface area contributed by atoms with Crippen LogP contribution in [0.25, 0.3) is 0 Å². The predicted molar refractivity (Wildman–Crippen MR) is 86.0 cm³/mol. The van der Waals surface area contributed by atoms with Gasteiger partial charge in [-0.3, -0.25) is 0 Å². The summed E-state index contributed by atoms with van der Waals surface area (Å²) in [4.78, 5) is 0. The zero-order chi connectivity index (χ0) is 14.3. The number of nitrogens with one attached hydrogen (secondary N) is 1. The Morgan fingerprint density at radius 2 is 1.60 bits per heavy atom. The summed E-state index contributed by atoms with van der Waals surface area (Å²) < 4.78 is 0. The van der Waals surface area contributed by atoms with Crippen molar-refractivity contribution in [3.63, 3.8) is 0 Å². The predicted octanol–water partition coefficient (Wildman–Crippen LogP) is 4.70. The molecule has 2 aliphatic rings. The highest BCUT2D eigenvalue weighted by molar-refractivity contribution is 5.41. The van der Waals surface area contributed by atoms with Gasteiger partial charge in [-0.15, -0.1) is 0 Å². The highest BCUT2D eigenvalue weighted by Gasteiger charge is 2.54. The molecule has 0 aliphatic heterocycles. The Morgan fingerprint density at radius 3 is 2.10 bits per heavy atom. The Labute approximate surface area is 124 Å². The van der Waals surface area contributed by atoms with Crippen LogP contribution in [0.3, 0.4) is 0 Å². The summed E-state index contributed by atoms with van der Waals surface area (Å²) in [5.74, 6) is 2.92. The zero-order valence-corrected chi connectivity index (χ0v) is 13.5. The number of rotatable bonds is 4. The van der Waals surface area contributed by atoms with Gasteiger partial charge in [0.1, 0.15) is 0 Å². The molecule has 2 saturated carbocycles. The van der Waals surface area contributed by atoms with Crippen LogP contribution in [0.1, 0.15) is 60.9 Å². The molecule has 1 heteroatoms. The van der Waals surface area contributed by atoms with Gasteiger partial charge >= 0.3 is 0 Å². The Kier molecular flexibility index (Phi) is 3.90. The smallest absolute Gasteiger partial charge is 0.0359 e. The second-order valence-electron chi connectivity index (χ2n) is 7.04. The van der Waals surface area contributed by atoms with E-state index in [-0.39, 0.29) is 0 Å². The monoisotopic (exact) mass is 271 g/mol. The number of hydrogen-bond donors (Lipinski definition) is 1. The molecule has 0 spiro atoms. The normalized spacial score (nSPS) is 29.9. The molecule has 20 heavy (non-hydrogen) atoms. The van der Waals surface area contributed by atoms with Crippen molar-refractivity contribution in [1.29, 1.82) is 0 Å². The molecule has 0 radical (unpaired) electrons. The molecule has 110 valence electrons. The van der Waals surface area contributed by atoms with Crippen LogP contribution in [0.15, 0.2) is 12.1 Å². The van der Waals surface area contributed by atoms with E-state index >= 15 is 0 Å². The molecule has 3 atom stereocenters. The van der Waals surface area contributed by atoms with E-state index < -0.39 is 0 Å². The van der Waals surface area contributed by atoms with Crippen LogP contribution in [0, 0.1) is 38.5 Å². The van der Waals surface area contributed by atoms with E-state index in [1.165, 1.54) is 42.4 Å². The highest BCUT2D eigenvalue weighted by atomic mass is 14.9. The van der Waals surface area contributed by atoms with E-state index in [2.05, 4.69) is 45.1 Å². The van der Waals surface area contributed by atoms with E-state index in [4.69, 9.17) is 0 Å². The molecular formula is C19H29N. The standard InChI is InChI=1S/C19H29N/c1-5-20-19(18-15-8-6-7-9-16(15)18)17-13(3)10-12(2)11-14(17)4/h10-11,15-16,18-20H,5-9H2,1-4H3. The van der Waals surface area contributed by atoms with E-state index in [1.54, 1.807) is 5.56 Å². The maximum absolute atomic E-state index is 3.82. The van der Waals surface area contributed by atoms with Crippen LogP contribution >= 0.6 is 0 Å². The summed E-state index contributed by atoms with van der Waals surface area (Å²) in [6.45, 7) is 10.1. The minimum absolute atomic E-state index is 0.591. The van der Waals surface area contributed by atoms with Gasteiger partial charge in [-0.05, 0) is 74.6 Å². The van der Waals surface area contributed by atoms with Gasteiger partial charge in [-0.1, -0.05) is 37.5 Å². The summed E-state index contributed by atoms with van der Waals surface area (Å²) in [5, 5.41) is 3.82. The fourth-order valence-corrected chi connectivity index (χ4v) is 4.87. The molecule has 1 aromatic carbocycles. The molecule has 3 unspecified atom stereocenters. The van der Waals surface area contributed by atoms with Crippen molar-refractivity contribution < 1.29 is 0 Å². The topological polar surface area (TPSA) is 12.0 Å². The Balaban J connectivity index is 1.91. The van der Waals surface area contributed by atoms with Crippen LogP contribution < -0.4 is 5.32 Å². The van der Waals surface area contributed by atoms with E-state index in [0.29, 0.717) is 6.04 Å². The Hall–Kier alpha value is -0.820. The second kappa shape index (κ2) is 5.52. The molecule has 1 nitrogen and oxygen atoms in total. The number of aryl methyl sites for hydroxylation is 3. The minimum Gasteiger partial charge on any atom is -0.310 e. The minimum atomic E-state index is 0.591. The molecule has 0 bridgehead atoms. The lowest BCUT2D eigenvalue weighted by Gasteiger charge is -2.24. The maximum atomic E-state index is 3.82. The largest absolute Gasteiger partial charge is 0.310 e. The number of benzene rings is 1. The highest BCUT2D eigenvalue weighted by Crippen LogP contribution is 2.60. The van der Waals surface area contributed by atoms with E-state index in [9.17, 15) is 0 Å². The van der Waals surface area contributed by atoms with Crippen molar-refractivity contribution in [2.24, 2.45) is 17.8 Å². The summed E-state index contributed by atoms with van der Waals surface area (Å²) in [6.07, 6.45) is 5.87. The molecular weight excluding hydrogens is 242 g/mol. The third-order valence-corrected chi connectivity index (χ3v) is 5.58. The molecule has 2 aliphatic carbocycles. The quantitative estimate of drug-likeness (QED) is 0.837. The lowest BCUT2D eigenvalue weighted by Crippen LogP contribution is -2.25. The maximum Gasteiger partial charge on any atom is 0.0359 e. The van der Waals surface area contributed by atoms with Gasteiger partial charge in [0.25, 0.3) is 0 Å². The van der Waals surface area contributed by atoms with Crippen LogP contribution in [-0.2, 0) is 0 Å². The summed E-state index contributed by atoms with van der Waals surface area (Å²) in [6, 6.07) is 5.31. The second-order valence-corrected chi connectivity index (χ2v) is 7.04. The van der Waals surface area contributed by atoms with Gasteiger partial charge in [0.2, 0.25) is 0 Å². The fourth-order valence-electron chi connectivity index (χ4n) is 4.87. The van der Waals surface area contributed by atoms with Crippen molar-refractivity contribution in [3.05, 3.63) is 34.4 Å². The van der Waals surface area contributed by atoms with Crippen LogP contribution in [0.2, 0.25) is 0 Å². The third-order valence-electron chi connectivity index (χ3n) is 5.58. The van der Waals surface area contributed by atoms with Crippen LogP contribution in [-0.4, -0.2) is 6.54 Å². The lowest BCUT2D eigenvalue weighted by atomic mass is 9.90. The number of hydrogen-bond acceptors (Lipinski definition) is 1. The molecule has 1 N–H and O–H groups in total. The van der Waals surface area contributed by atoms with Crippen molar-refractivity contribution in [2.75, 3.05) is 6.54 Å². The SMILES string of the molecule is CCNC(c1c(C)cc(C)cc1C)C1C2CCCCC21. The van der Waals surface area contributed by atoms with Gasteiger partial charge in [-0.2, -0.15) is 0 Å². The average Bonchev–Trinajstić information content (AvgIpc) is 3.10. The molecule has 0 aromatic heterocycles. The first-order chi connectivity index (χ1) is 9.63. The first-order valence-corrected chi connectivity index (χ1v) is 8.44. The zero-order valence-electron chi connectivity index (χ0n) is 13.5. The molecule has 0 saturated heterocycles. The fraction of sp³-hybridized carbons (Fsp3) is 0.684. The lowest BCUT2D eigenvalue weighted by molar-refractivity contribution is 0.453. The summed E-state index contributed by atoms with van der Waals surface area (Å²) in [5.41, 5.74) is 5.96. The van der Waals surface area contributed by atoms with Gasteiger partial charge in [0.15, 0.2) is 0 Å². The summed E-state index contributed by atoms with van der Waals surface area (Å²) in [7, 11) is 0. The molecule has 1 aromatic rings. The average molecular weight is 271 g/mol. The molecule has 3 rings (SSSR count). The Bertz CT molecular complexity index is 456. The first kappa shape index (κ1) is 14.1. The van der Waals surface area contributed by atoms with Gasteiger partial charge in [0, 0.05) is 6.04 Å². The third kappa shape index (κ3) is 2.41. The van der Waals surface area contributed by atoms with Crippen molar-refractivity contribution in [3.8, 4) is 0 Å². The van der Waals surface area contributed by atoms with Crippen molar-refractivity contribution in [2.45, 2.75) is 59.4 Å². The Morgan fingerprint density at radius 1 is 1.05 bits per heavy atom. The molecule has 2 fully saturated rings. The van der Waals surface area contributed by atoms with E-state index in [1.807, 2.05) is 0 Å². The summed E-state index contributed by atoms with van der Waals surface area (Å²) >= 11 is 0. The van der Waals surface area contributed by atoms with Gasteiger partial charge < -0.3 is 5.32 Å². The van der Waals surface area contributed by atoms with Crippen LogP contribution in [0.4, 0.5) is 0 Å².